The molecule has 2 nitrogen and oxygen atoms in total. The van der Waals surface area contributed by atoms with Crippen molar-refractivity contribution in [2.75, 3.05) is 6.61 Å². The number of benzene rings is 2. The predicted molar refractivity (Wildman–Crippen MR) is 84.6 cm³/mol. The van der Waals surface area contributed by atoms with Gasteiger partial charge in [-0.05, 0) is 37.3 Å². The van der Waals surface area contributed by atoms with Crippen molar-refractivity contribution in [3.63, 3.8) is 0 Å². The molecule has 4 heteroatoms. The van der Waals surface area contributed by atoms with E-state index in [9.17, 15) is 4.21 Å². The monoisotopic (exact) mass is 348 g/mol. The van der Waals surface area contributed by atoms with Gasteiger partial charge in [-0.3, -0.25) is 4.18 Å². The lowest BCUT2D eigenvalue weighted by molar-refractivity contribution is 0.402. The van der Waals surface area contributed by atoms with E-state index in [1.165, 1.54) is 0 Å². The van der Waals surface area contributed by atoms with E-state index in [4.69, 9.17) is 4.18 Å². The maximum Gasteiger partial charge on any atom is 0.190 e. The van der Waals surface area contributed by atoms with Crippen LogP contribution in [0.4, 0.5) is 0 Å². The van der Waals surface area contributed by atoms with Crippen molar-refractivity contribution in [2.24, 2.45) is 0 Å². The van der Waals surface area contributed by atoms with Crippen molar-refractivity contribution in [3.8, 4) is 11.8 Å². The predicted octanol–water partition coefficient (Wildman–Crippen LogP) is 3.85. The van der Waals surface area contributed by atoms with Gasteiger partial charge in [0.2, 0.25) is 0 Å². The molecular weight excluding hydrogens is 336 g/mol. The SMILES string of the molecule is Cc1ccc([S@@](=O)OCC#Cc2cccc(Br)c2)cc1. The highest BCUT2D eigenvalue weighted by atomic mass is 79.9. The summed E-state index contributed by atoms with van der Waals surface area (Å²) in [5.74, 6) is 5.82. The molecule has 0 saturated carbocycles. The van der Waals surface area contributed by atoms with Crippen molar-refractivity contribution in [1.29, 1.82) is 0 Å². The van der Waals surface area contributed by atoms with Gasteiger partial charge in [-0.2, -0.15) is 0 Å². The Hall–Kier alpha value is -1.41. The largest absolute Gasteiger partial charge is 0.274 e. The zero-order valence-electron chi connectivity index (χ0n) is 10.9. The summed E-state index contributed by atoms with van der Waals surface area (Å²) in [6, 6.07) is 15.1. The molecule has 0 spiro atoms. The summed E-state index contributed by atoms with van der Waals surface area (Å²) >= 11 is 1.92. The molecule has 0 fully saturated rings. The fourth-order valence-electron chi connectivity index (χ4n) is 1.50. The molecule has 102 valence electrons. The summed E-state index contributed by atoms with van der Waals surface area (Å²) in [7, 11) is 0. The van der Waals surface area contributed by atoms with Crippen molar-refractivity contribution < 1.29 is 8.39 Å². The molecule has 0 aliphatic heterocycles. The smallest absolute Gasteiger partial charge is 0.190 e. The Morgan fingerprint density at radius 2 is 1.95 bits per heavy atom. The Balaban J connectivity index is 1.90. The average Bonchev–Trinajstić information content (AvgIpc) is 2.44. The van der Waals surface area contributed by atoms with Crippen LogP contribution in [0.5, 0.6) is 0 Å². The van der Waals surface area contributed by atoms with Crippen LogP contribution in [0.2, 0.25) is 0 Å². The van der Waals surface area contributed by atoms with E-state index in [-0.39, 0.29) is 6.61 Å². The quantitative estimate of drug-likeness (QED) is 0.787. The number of halogens is 1. The average molecular weight is 349 g/mol. The van der Waals surface area contributed by atoms with E-state index in [2.05, 4.69) is 27.8 Å². The fourth-order valence-corrected chi connectivity index (χ4v) is 2.56. The van der Waals surface area contributed by atoms with Crippen LogP contribution in [0.15, 0.2) is 57.9 Å². The number of aryl methyl sites for hydroxylation is 1. The lowest BCUT2D eigenvalue weighted by Crippen LogP contribution is -1.98. The molecule has 2 rings (SSSR count). The minimum Gasteiger partial charge on any atom is -0.274 e. The first-order valence-electron chi connectivity index (χ1n) is 6.01. The summed E-state index contributed by atoms with van der Waals surface area (Å²) in [6.07, 6.45) is 0. The van der Waals surface area contributed by atoms with Crippen LogP contribution in [0, 0.1) is 18.8 Å². The maximum absolute atomic E-state index is 11.8. The van der Waals surface area contributed by atoms with Crippen molar-refractivity contribution in [3.05, 3.63) is 64.1 Å². The van der Waals surface area contributed by atoms with E-state index >= 15 is 0 Å². The Morgan fingerprint density at radius 1 is 1.20 bits per heavy atom. The van der Waals surface area contributed by atoms with Crippen LogP contribution in [-0.2, 0) is 15.3 Å². The Bertz CT molecular complexity index is 669. The molecule has 20 heavy (non-hydrogen) atoms. The number of rotatable bonds is 3. The molecule has 0 saturated heterocycles. The molecule has 0 bridgehead atoms. The Morgan fingerprint density at radius 3 is 2.65 bits per heavy atom. The van der Waals surface area contributed by atoms with E-state index in [0.717, 1.165) is 15.6 Å². The zero-order valence-corrected chi connectivity index (χ0v) is 13.3. The van der Waals surface area contributed by atoms with Gasteiger partial charge in [0.05, 0.1) is 4.90 Å². The molecule has 0 heterocycles. The third-order valence-electron chi connectivity index (χ3n) is 2.51. The van der Waals surface area contributed by atoms with Gasteiger partial charge < -0.3 is 0 Å². The first-order valence-corrected chi connectivity index (χ1v) is 7.88. The Labute approximate surface area is 130 Å². The first-order chi connectivity index (χ1) is 9.65. The fraction of sp³-hybridized carbons (Fsp3) is 0.125. The van der Waals surface area contributed by atoms with Crippen LogP contribution < -0.4 is 0 Å². The van der Waals surface area contributed by atoms with E-state index < -0.39 is 11.1 Å². The van der Waals surface area contributed by atoms with Gasteiger partial charge in [0.15, 0.2) is 11.1 Å². The molecule has 0 unspecified atom stereocenters. The molecule has 0 aliphatic rings. The summed E-state index contributed by atoms with van der Waals surface area (Å²) < 4.78 is 18.0. The first kappa shape index (κ1) is 15.0. The summed E-state index contributed by atoms with van der Waals surface area (Å²) in [5, 5.41) is 0. The van der Waals surface area contributed by atoms with E-state index in [1.807, 2.05) is 43.3 Å². The topological polar surface area (TPSA) is 26.3 Å². The van der Waals surface area contributed by atoms with Gasteiger partial charge in [0.1, 0.15) is 6.61 Å². The molecular formula is C16H13BrO2S. The summed E-state index contributed by atoms with van der Waals surface area (Å²) in [4.78, 5) is 0.653. The lowest BCUT2D eigenvalue weighted by Gasteiger charge is -2.00. The normalized spacial score (nSPS) is 11.5. The molecule has 0 N–H and O–H groups in total. The molecule has 0 aromatic heterocycles. The highest BCUT2D eigenvalue weighted by Gasteiger charge is 2.02. The molecule has 1 atom stereocenters. The Kier molecular flexibility index (Phi) is 5.54. The summed E-state index contributed by atoms with van der Waals surface area (Å²) in [6.45, 7) is 2.12. The van der Waals surface area contributed by atoms with Crippen LogP contribution >= 0.6 is 15.9 Å². The molecule has 0 aliphatic carbocycles. The second-order valence-electron chi connectivity index (χ2n) is 4.12. The molecule has 2 aromatic carbocycles. The van der Waals surface area contributed by atoms with Crippen LogP contribution in [0.3, 0.4) is 0 Å². The van der Waals surface area contributed by atoms with Crippen molar-refractivity contribution in [2.45, 2.75) is 11.8 Å². The molecule has 0 amide bonds. The lowest BCUT2D eigenvalue weighted by atomic mass is 10.2. The van der Waals surface area contributed by atoms with Gasteiger partial charge in [-0.15, -0.1) is 0 Å². The van der Waals surface area contributed by atoms with Gasteiger partial charge >= 0.3 is 0 Å². The van der Waals surface area contributed by atoms with Crippen LogP contribution in [0.25, 0.3) is 0 Å². The third kappa shape index (κ3) is 4.61. The molecule has 2 aromatic rings. The number of hydrogen-bond donors (Lipinski definition) is 0. The highest BCUT2D eigenvalue weighted by Crippen LogP contribution is 2.11. The van der Waals surface area contributed by atoms with Gasteiger partial charge in [0, 0.05) is 10.0 Å². The van der Waals surface area contributed by atoms with E-state index in [1.54, 1.807) is 12.1 Å². The third-order valence-corrected chi connectivity index (χ3v) is 3.99. The van der Waals surface area contributed by atoms with Crippen molar-refractivity contribution >= 4 is 27.0 Å². The standard InChI is InChI=1S/C16H13BrO2S/c1-13-7-9-16(10-8-13)20(18)19-11-3-5-14-4-2-6-15(17)12-14/h2,4,6-10,12H,11H2,1H3/t20-/m0/s1. The second kappa shape index (κ2) is 7.39. The van der Waals surface area contributed by atoms with Crippen LogP contribution in [-0.4, -0.2) is 10.8 Å². The van der Waals surface area contributed by atoms with Crippen molar-refractivity contribution in [1.82, 2.24) is 0 Å². The second-order valence-corrected chi connectivity index (χ2v) is 6.21. The van der Waals surface area contributed by atoms with Crippen LogP contribution in [0.1, 0.15) is 11.1 Å². The number of hydrogen-bond acceptors (Lipinski definition) is 2. The van der Waals surface area contributed by atoms with Gasteiger partial charge in [-0.25, -0.2) is 4.21 Å². The minimum atomic E-state index is -1.47. The van der Waals surface area contributed by atoms with E-state index in [0.29, 0.717) is 4.90 Å². The minimum absolute atomic E-state index is 0.132. The zero-order chi connectivity index (χ0) is 14.4. The molecule has 0 radical (unpaired) electrons. The summed E-state index contributed by atoms with van der Waals surface area (Å²) in [5.41, 5.74) is 2.02. The van der Waals surface area contributed by atoms with Gasteiger partial charge in [0.25, 0.3) is 0 Å². The highest BCUT2D eigenvalue weighted by molar-refractivity contribution is 9.10. The maximum atomic E-state index is 11.8. The van der Waals surface area contributed by atoms with Gasteiger partial charge in [-0.1, -0.05) is 51.5 Å².